The number of Topliss-reactive ketones (excluding diaryl/α,β-unsaturated/α-hetero) is 1. The summed E-state index contributed by atoms with van der Waals surface area (Å²) in [5.41, 5.74) is 3.27. The molecule has 2 heterocycles. The lowest BCUT2D eigenvalue weighted by molar-refractivity contribution is -0.148. The van der Waals surface area contributed by atoms with Crippen LogP contribution in [0.5, 0.6) is 0 Å². The number of aromatic nitrogens is 1. The van der Waals surface area contributed by atoms with E-state index in [1.165, 1.54) is 6.92 Å². The third-order valence-electron chi connectivity index (χ3n) is 11.0. The first-order valence-corrected chi connectivity index (χ1v) is 18.3. The fourth-order valence-corrected chi connectivity index (χ4v) is 8.27. The van der Waals surface area contributed by atoms with Crippen LogP contribution in [0.2, 0.25) is 5.02 Å². The number of ketones is 1. The number of piperidine rings is 1. The number of carbonyl (C=O) groups is 3. The number of nitrogens with zero attached hydrogens (tertiary/aromatic N) is 2. The first kappa shape index (κ1) is 37.6. The SMILES string of the molecule is CCNCCC1(C(O)NC(Cc2ccc([C@@H](C)C3CC(c4ccc(Cl)cc4)N(C(C)=O)C(Cc4cccnc4)C3=O)cc2)C(=O)O)CCCC1. The molecule has 2 aromatic carbocycles. The molecule has 6 atom stereocenters. The minimum atomic E-state index is -1.00. The highest BCUT2D eigenvalue weighted by molar-refractivity contribution is 6.30. The molecular weight excluding hydrogens is 652 g/mol. The Bertz CT molecular complexity index is 1580. The number of aliphatic carboxylic acids is 1. The molecule has 3 aromatic rings. The van der Waals surface area contributed by atoms with Crippen molar-refractivity contribution in [3.05, 3.63) is 100 Å². The van der Waals surface area contributed by atoms with Crippen LogP contribution in [0.4, 0.5) is 0 Å². The van der Waals surface area contributed by atoms with Crippen LogP contribution in [-0.4, -0.2) is 69.2 Å². The lowest BCUT2D eigenvalue weighted by atomic mass is 9.72. The number of rotatable bonds is 15. The Kier molecular flexibility index (Phi) is 12.8. The van der Waals surface area contributed by atoms with Gasteiger partial charge in [-0.25, -0.2) is 0 Å². The Morgan fingerprint density at radius 2 is 1.76 bits per heavy atom. The summed E-state index contributed by atoms with van der Waals surface area (Å²) < 4.78 is 0. The minimum Gasteiger partial charge on any atom is -0.480 e. The van der Waals surface area contributed by atoms with Crippen molar-refractivity contribution in [3.8, 4) is 0 Å². The second-order valence-electron chi connectivity index (χ2n) is 14.2. The zero-order valence-electron chi connectivity index (χ0n) is 29.4. The maximum atomic E-state index is 14.4. The molecule has 1 amide bonds. The molecule has 9 nitrogen and oxygen atoms in total. The summed E-state index contributed by atoms with van der Waals surface area (Å²) >= 11 is 6.22. The molecule has 0 bridgehead atoms. The van der Waals surface area contributed by atoms with Gasteiger partial charge < -0.3 is 20.4 Å². The lowest BCUT2D eigenvalue weighted by Crippen LogP contribution is -2.55. The van der Waals surface area contributed by atoms with Gasteiger partial charge in [-0.3, -0.25) is 24.7 Å². The summed E-state index contributed by atoms with van der Waals surface area (Å²) in [5, 5.41) is 28.4. The second kappa shape index (κ2) is 17.1. The highest BCUT2D eigenvalue weighted by Gasteiger charge is 2.46. The molecule has 4 N–H and O–H groups in total. The number of pyridine rings is 1. The Morgan fingerprint density at radius 3 is 2.36 bits per heavy atom. The largest absolute Gasteiger partial charge is 0.480 e. The Morgan fingerprint density at radius 1 is 1.06 bits per heavy atom. The first-order chi connectivity index (χ1) is 24.0. The minimum absolute atomic E-state index is 0.0185. The Labute approximate surface area is 300 Å². The number of aliphatic hydroxyl groups is 1. The number of benzene rings is 2. The number of hydrogen-bond acceptors (Lipinski definition) is 7. The predicted octanol–water partition coefficient (Wildman–Crippen LogP) is 6.09. The number of nitrogens with one attached hydrogen (secondary N) is 2. The van der Waals surface area contributed by atoms with Crippen molar-refractivity contribution < 1.29 is 24.6 Å². The van der Waals surface area contributed by atoms with Crippen LogP contribution in [0.25, 0.3) is 0 Å². The summed E-state index contributed by atoms with van der Waals surface area (Å²) in [7, 11) is 0. The molecule has 5 rings (SSSR count). The van der Waals surface area contributed by atoms with Gasteiger partial charge in [-0.2, -0.15) is 0 Å². The smallest absolute Gasteiger partial charge is 0.321 e. The van der Waals surface area contributed by atoms with Crippen LogP contribution in [-0.2, 0) is 27.2 Å². The summed E-state index contributed by atoms with van der Waals surface area (Å²) in [6.45, 7) is 7.26. The number of aliphatic hydroxyl groups excluding tert-OH is 1. The molecule has 1 saturated carbocycles. The van der Waals surface area contributed by atoms with E-state index in [2.05, 4.69) is 22.5 Å². The Hall–Kier alpha value is -3.63. The summed E-state index contributed by atoms with van der Waals surface area (Å²) in [6, 6.07) is 17.1. The molecule has 0 radical (unpaired) electrons. The molecule has 2 fully saturated rings. The molecule has 1 aliphatic carbocycles. The van der Waals surface area contributed by atoms with E-state index in [0.717, 1.165) is 67.4 Å². The molecule has 268 valence electrons. The summed E-state index contributed by atoms with van der Waals surface area (Å²) in [6.07, 6.45) is 8.16. The van der Waals surface area contributed by atoms with E-state index in [1.54, 1.807) is 17.3 Å². The van der Waals surface area contributed by atoms with Crippen molar-refractivity contribution >= 4 is 29.3 Å². The maximum absolute atomic E-state index is 14.4. The first-order valence-electron chi connectivity index (χ1n) is 18.0. The molecule has 1 aromatic heterocycles. The van der Waals surface area contributed by atoms with Gasteiger partial charge in [0.2, 0.25) is 5.91 Å². The van der Waals surface area contributed by atoms with E-state index < -0.39 is 24.3 Å². The van der Waals surface area contributed by atoms with Gasteiger partial charge in [0, 0.05) is 42.1 Å². The second-order valence-corrected chi connectivity index (χ2v) is 14.6. The van der Waals surface area contributed by atoms with E-state index in [1.807, 2.05) is 67.6 Å². The average molecular weight is 703 g/mol. The number of carboxylic acids is 1. The molecule has 1 saturated heterocycles. The average Bonchev–Trinajstić information content (AvgIpc) is 3.60. The number of carbonyl (C=O) groups excluding carboxylic acids is 2. The van der Waals surface area contributed by atoms with Crippen LogP contribution in [0, 0.1) is 11.3 Å². The summed E-state index contributed by atoms with van der Waals surface area (Å²) in [5.74, 6) is -1.67. The monoisotopic (exact) mass is 702 g/mol. The predicted molar refractivity (Wildman–Crippen MR) is 195 cm³/mol. The van der Waals surface area contributed by atoms with Gasteiger partial charge in [0.05, 0.1) is 12.1 Å². The van der Waals surface area contributed by atoms with Gasteiger partial charge in [-0.05, 0) is 91.6 Å². The molecule has 2 aliphatic rings. The van der Waals surface area contributed by atoms with Gasteiger partial charge in [0.15, 0.2) is 5.78 Å². The van der Waals surface area contributed by atoms with Crippen molar-refractivity contribution in [1.82, 2.24) is 20.5 Å². The lowest BCUT2D eigenvalue weighted by Gasteiger charge is -2.46. The fourth-order valence-electron chi connectivity index (χ4n) is 8.15. The Balaban J connectivity index is 1.35. The van der Waals surface area contributed by atoms with Crippen LogP contribution in [0.3, 0.4) is 0 Å². The molecule has 10 heteroatoms. The van der Waals surface area contributed by atoms with Crippen LogP contribution < -0.4 is 10.6 Å². The number of hydrogen-bond donors (Lipinski definition) is 4. The van der Waals surface area contributed by atoms with E-state index >= 15 is 0 Å². The van der Waals surface area contributed by atoms with E-state index in [9.17, 15) is 24.6 Å². The third kappa shape index (κ3) is 8.80. The van der Waals surface area contributed by atoms with Gasteiger partial charge in [-0.1, -0.05) is 80.8 Å². The zero-order chi connectivity index (χ0) is 35.8. The van der Waals surface area contributed by atoms with Crippen molar-refractivity contribution in [2.45, 2.75) is 102 Å². The number of likely N-dealkylation sites (tertiary alicyclic amines) is 1. The van der Waals surface area contributed by atoms with Crippen LogP contribution in [0.1, 0.15) is 93.5 Å². The molecular formula is C40H51ClN4O5. The van der Waals surface area contributed by atoms with Gasteiger partial charge in [0.25, 0.3) is 0 Å². The highest BCUT2D eigenvalue weighted by atomic mass is 35.5. The van der Waals surface area contributed by atoms with E-state index in [4.69, 9.17) is 11.6 Å². The fraction of sp³-hybridized carbons (Fsp3) is 0.500. The number of amides is 1. The molecule has 50 heavy (non-hydrogen) atoms. The topological polar surface area (TPSA) is 132 Å². The molecule has 1 aliphatic heterocycles. The van der Waals surface area contributed by atoms with E-state index in [-0.39, 0.29) is 41.4 Å². The van der Waals surface area contributed by atoms with Crippen molar-refractivity contribution in [3.63, 3.8) is 0 Å². The van der Waals surface area contributed by atoms with Crippen molar-refractivity contribution in [1.29, 1.82) is 0 Å². The van der Waals surface area contributed by atoms with Gasteiger partial charge in [0.1, 0.15) is 12.3 Å². The molecule has 0 spiro atoms. The summed E-state index contributed by atoms with van der Waals surface area (Å²) in [4.78, 5) is 45.9. The maximum Gasteiger partial charge on any atom is 0.321 e. The highest BCUT2D eigenvalue weighted by Crippen LogP contribution is 2.44. The number of halogens is 1. The molecule has 5 unspecified atom stereocenters. The zero-order valence-corrected chi connectivity index (χ0v) is 30.1. The standard InChI is InChI=1S/C40H51ClN4O5/c1-4-42-21-19-40(17-5-6-18-40)39(50)44-34(38(48)49)22-28-9-11-30(12-10-28)26(2)33-24-35(31-13-15-32(41)16-14-31)45(27(3)46)36(37(33)47)23-29-8-7-20-43-25-29/h7-16,20,25-26,33-36,39,42,44,50H,4-6,17-19,21-24H2,1-3H3,(H,48,49)/t26-,33?,34?,35?,36?,39?/m1/s1. The third-order valence-corrected chi connectivity index (χ3v) is 11.3. The van der Waals surface area contributed by atoms with Crippen molar-refractivity contribution in [2.75, 3.05) is 13.1 Å². The van der Waals surface area contributed by atoms with Gasteiger partial charge in [-0.15, -0.1) is 0 Å². The van der Waals surface area contributed by atoms with E-state index in [0.29, 0.717) is 17.9 Å². The van der Waals surface area contributed by atoms with Crippen molar-refractivity contribution in [2.24, 2.45) is 11.3 Å². The van der Waals surface area contributed by atoms with Crippen LogP contribution in [0.15, 0.2) is 73.1 Å². The van der Waals surface area contributed by atoms with Gasteiger partial charge >= 0.3 is 5.97 Å². The quantitative estimate of drug-likeness (QED) is 0.111. The normalized spacial score (nSPS) is 22.2. The van der Waals surface area contributed by atoms with Crippen LogP contribution >= 0.6 is 11.6 Å². The number of carboxylic acid groups (broad SMARTS) is 1.